The molecule has 0 saturated carbocycles. The molecule has 1 aliphatic heterocycles. The molecular formula is C21H17ClFN7O. The number of benzene rings is 2. The van der Waals surface area contributed by atoms with E-state index in [4.69, 9.17) is 11.6 Å². The van der Waals surface area contributed by atoms with Crippen molar-refractivity contribution < 1.29 is 9.18 Å². The first-order chi connectivity index (χ1) is 15.1. The largest absolute Gasteiger partial charge is 0.351 e. The molecule has 8 nitrogen and oxygen atoms in total. The van der Waals surface area contributed by atoms with Crippen LogP contribution in [-0.4, -0.2) is 61.9 Å². The second kappa shape index (κ2) is 7.92. The number of fused-ring (bicyclic) bond motifs is 1. The van der Waals surface area contributed by atoms with Crippen LogP contribution >= 0.6 is 11.6 Å². The molecule has 0 radical (unpaired) electrons. The standard InChI is InChI=1S/C21H17ClFN7O/c22-15-3-7-17(8-4-15)30-20-18(26-27-30)19(24-13-25-20)28-9-11-29(12-10-28)21(31)14-1-5-16(23)6-2-14/h1-8,13H,9-12H2. The van der Waals surface area contributed by atoms with Crippen LogP contribution in [0.4, 0.5) is 10.2 Å². The predicted octanol–water partition coefficient (Wildman–Crippen LogP) is 2.97. The highest BCUT2D eigenvalue weighted by Crippen LogP contribution is 2.24. The first kappa shape index (κ1) is 19.4. The molecule has 0 N–H and O–H groups in total. The van der Waals surface area contributed by atoms with Crippen molar-refractivity contribution in [1.82, 2.24) is 29.9 Å². The van der Waals surface area contributed by atoms with Crippen LogP contribution in [0.1, 0.15) is 10.4 Å². The third-order valence-electron chi connectivity index (χ3n) is 5.25. The van der Waals surface area contributed by atoms with E-state index in [0.717, 1.165) is 5.69 Å². The molecule has 31 heavy (non-hydrogen) atoms. The van der Waals surface area contributed by atoms with E-state index in [1.807, 2.05) is 12.1 Å². The Bertz CT molecular complexity index is 1240. The molecule has 1 amide bonds. The summed E-state index contributed by atoms with van der Waals surface area (Å²) in [5, 5.41) is 9.18. The van der Waals surface area contributed by atoms with Gasteiger partial charge in [0.1, 0.15) is 12.1 Å². The van der Waals surface area contributed by atoms with Crippen molar-refractivity contribution in [2.45, 2.75) is 0 Å². The molecule has 1 aliphatic rings. The van der Waals surface area contributed by atoms with Gasteiger partial charge in [0.2, 0.25) is 0 Å². The quantitative estimate of drug-likeness (QED) is 0.490. The molecule has 0 aliphatic carbocycles. The maximum Gasteiger partial charge on any atom is 0.253 e. The first-order valence-corrected chi connectivity index (χ1v) is 10.1. The van der Waals surface area contributed by atoms with Crippen LogP contribution in [0.25, 0.3) is 16.9 Å². The van der Waals surface area contributed by atoms with Crippen molar-refractivity contribution >= 4 is 34.5 Å². The number of carbonyl (C=O) groups excluding carboxylic acids is 1. The molecule has 2 aromatic heterocycles. The maximum absolute atomic E-state index is 13.1. The lowest BCUT2D eigenvalue weighted by molar-refractivity contribution is 0.0746. The van der Waals surface area contributed by atoms with E-state index in [0.29, 0.717) is 53.7 Å². The van der Waals surface area contributed by atoms with Crippen molar-refractivity contribution in [3.63, 3.8) is 0 Å². The Labute approximate surface area is 181 Å². The molecule has 1 saturated heterocycles. The van der Waals surface area contributed by atoms with Crippen molar-refractivity contribution in [3.05, 3.63) is 71.3 Å². The highest BCUT2D eigenvalue weighted by molar-refractivity contribution is 6.30. The van der Waals surface area contributed by atoms with Crippen LogP contribution in [0.3, 0.4) is 0 Å². The predicted molar refractivity (Wildman–Crippen MR) is 114 cm³/mol. The third-order valence-corrected chi connectivity index (χ3v) is 5.50. The average molecular weight is 438 g/mol. The highest BCUT2D eigenvalue weighted by Gasteiger charge is 2.25. The summed E-state index contributed by atoms with van der Waals surface area (Å²) in [5.74, 6) is 0.209. The van der Waals surface area contributed by atoms with Gasteiger partial charge in [0, 0.05) is 36.8 Å². The lowest BCUT2D eigenvalue weighted by Crippen LogP contribution is -2.49. The smallest absolute Gasteiger partial charge is 0.253 e. The molecule has 0 atom stereocenters. The van der Waals surface area contributed by atoms with E-state index < -0.39 is 0 Å². The molecule has 2 aromatic carbocycles. The third kappa shape index (κ3) is 3.68. The zero-order valence-electron chi connectivity index (χ0n) is 16.3. The Morgan fingerprint density at radius 3 is 2.35 bits per heavy atom. The van der Waals surface area contributed by atoms with E-state index in [9.17, 15) is 9.18 Å². The maximum atomic E-state index is 13.1. The number of amides is 1. The van der Waals surface area contributed by atoms with Crippen LogP contribution in [-0.2, 0) is 0 Å². The van der Waals surface area contributed by atoms with E-state index in [-0.39, 0.29) is 11.7 Å². The number of anilines is 1. The van der Waals surface area contributed by atoms with E-state index in [1.54, 1.807) is 21.7 Å². The highest BCUT2D eigenvalue weighted by atomic mass is 35.5. The molecule has 156 valence electrons. The van der Waals surface area contributed by atoms with Gasteiger partial charge in [-0.15, -0.1) is 5.10 Å². The number of piperazine rings is 1. The molecule has 4 aromatic rings. The Morgan fingerprint density at radius 2 is 1.65 bits per heavy atom. The first-order valence-electron chi connectivity index (χ1n) is 9.72. The summed E-state index contributed by atoms with van der Waals surface area (Å²) in [6.45, 7) is 2.22. The van der Waals surface area contributed by atoms with Crippen molar-refractivity contribution in [1.29, 1.82) is 0 Å². The van der Waals surface area contributed by atoms with Crippen LogP contribution in [0.15, 0.2) is 54.9 Å². The SMILES string of the molecule is O=C(c1ccc(F)cc1)N1CCN(c2ncnc3c2nnn3-c2ccc(Cl)cc2)CC1. The minimum atomic E-state index is -0.360. The average Bonchev–Trinajstić information content (AvgIpc) is 3.24. The van der Waals surface area contributed by atoms with Crippen molar-refractivity contribution in [3.8, 4) is 5.69 Å². The Balaban J connectivity index is 1.36. The van der Waals surface area contributed by atoms with Crippen LogP contribution in [0, 0.1) is 5.82 Å². The minimum Gasteiger partial charge on any atom is -0.351 e. The number of nitrogens with zero attached hydrogens (tertiary/aromatic N) is 7. The number of hydrogen-bond acceptors (Lipinski definition) is 6. The van der Waals surface area contributed by atoms with Gasteiger partial charge in [0.05, 0.1) is 5.69 Å². The fourth-order valence-corrected chi connectivity index (χ4v) is 3.75. The van der Waals surface area contributed by atoms with E-state index >= 15 is 0 Å². The molecule has 5 rings (SSSR count). The van der Waals surface area contributed by atoms with Gasteiger partial charge in [-0.2, -0.15) is 4.68 Å². The van der Waals surface area contributed by atoms with Gasteiger partial charge in [-0.25, -0.2) is 14.4 Å². The second-order valence-electron chi connectivity index (χ2n) is 7.13. The molecule has 10 heteroatoms. The van der Waals surface area contributed by atoms with E-state index in [2.05, 4.69) is 25.2 Å². The van der Waals surface area contributed by atoms with Gasteiger partial charge >= 0.3 is 0 Å². The van der Waals surface area contributed by atoms with Crippen molar-refractivity contribution in [2.24, 2.45) is 0 Å². The zero-order valence-corrected chi connectivity index (χ0v) is 17.1. The molecule has 1 fully saturated rings. The summed E-state index contributed by atoms with van der Waals surface area (Å²) < 4.78 is 14.8. The summed E-state index contributed by atoms with van der Waals surface area (Å²) in [6.07, 6.45) is 1.49. The molecule has 3 heterocycles. The summed E-state index contributed by atoms with van der Waals surface area (Å²) in [4.78, 5) is 25.3. The monoisotopic (exact) mass is 437 g/mol. The van der Waals surface area contributed by atoms with E-state index in [1.165, 1.54) is 30.6 Å². The molecule has 0 bridgehead atoms. The zero-order chi connectivity index (χ0) is 21.4. The van der Waals surface area contributed by atoms with Gasteiger partial charge < -0.3 is 9.80 Å². The lowest BCUT2D eigenvalue weighted by atomic mass is 10.2. The second-order valence-corrected chi connectivity index (χ2v) is 7.57. The van der Waals surface area contributed by atoms with Crippen LogP contribution in [0.5, 0.6) is 0 Å². The number of aromatic nitrogens is 5. The summed E-state index contributed by atoms with van der Waals surface area (Å²) >= 11 is 5.98. The molecule has 0 spiro atoms. The van der Waals surface area contributed by atoms with Crippen molar-refractivity contribution in [2.75, 3.05) is 31.1 Å². The van der Waals surface area contributed by atoms with Gasteiger partial charge in [-0.3, -0.25) is 4.79 Å². The number of hydrogen-bond donors (Lipinski definition) is 0. The molecule has 0 unspecified atom stereocenters. The van der Waals surface area contributed by atoms with Gasteiger partial charge in [0.15, 0.2) is 17.0 Å². The topological polar surface area (TPSA) is 80.0 Å². The lowest BCUT2D eigenvalue weighted by Gasteiger charge is -2.35. The fraction of sp³-hybridized carbons (Fsp3) is 0.190. The van der Waals surface area contributed by atoms with Gasteiger partial charge in [-0.1, -0.05) is 16.8 Å². The minimum absolute atomic E-state index is 0.110. The van der Waals surface area contributed by atoms with Crippen LogP contribution in [0.2, 0.25) is 5.02 Å². The fourth-order valence-electron chi connectivity index (χ4n) is 3.62. The molecular weight excluding hydrogens is 421 g/mol. The summed E-state index contributed by atoms with van der Waals surface area (Å²) in [7, 11) is 0. The Hall–Kier alpha value is -3.59. The number of halogens is 2. The Kier molecular flexibility index (Phi) is 4.95. The summed E-state index contributed by atoms with van der Waals surface area (Å²) in [6, 6.07) is 12.9. The number of carbonyl (C=O) groups is 1. The summed E-state index contributed by atoms with van der Waals surface area (Å²) in [5.41, 5.74) is 2.46. The van der Waals surface area contributed by atoms with Crippen LogP contribution < -0.4 is 4.90 Å². The Morgan fingerprint density at radius 1 is 0.935 bits per heavy atom. The van der Waals surface area contributed by atoms with Gasteiger partial charge in [-0.05, 0) is 48.5 Å². The van der Waals surface area contributed by atoms with Gasteiger partial charge in [0.25, 0.3) is 5.91 Å². The normalized spacial score (nSPS) is 14.3. The number of rotatable bonds is 3.